The smallest absolute Gasteiger partial charge is 0.152 e. The molecule has 0 atom stereocenters. The molecule has 0 amide bonds. The fourth-order valence-electron chi connectivity index (χ4n) is 8.42. The normalized spacial score (nSPS) is 12.3. The molecule has 0 unspecified atom stereocenters. The molecule has 0 bridgehead atoms. The number of nitrogens with zero attached hydrogens (tertiary/aromatic N) is 2. The van der Waals surface area contributed by atoms with Crippen molar-refractivity contribution in [1.29, 1.82) is 0 Å². The number of hydrogen-bond donors (Lipinski definition) is 0. The van der Waals surface area contributed by atoms with Crippen molar-refractivity contribution in [3.05, 3.63) is 170 Å². The summed E-state index contributed by atoms with van der Waals surface area (Å²) in [6, 6.07) is 61.7. The second-order valence-corrected chi connectivity index (χ2v) is 15.8. The van der Waals surface area contributed by atoms with Crippen LogP contribution in [-0.2, 0) is 0 Å². The molecule has 0 saturated carbocycles. The molecule has 1 aliphatic rings. The lowest BCUT2D eigenvalue weighted by Crippen LogP contribution is -2.10. The van der Waals surface area contributed by atoms with Gasteiger partial charge in [-0.25, -0.2) is 0 Å². The first kappa shape index (κ1) is 29.2. The molecule has 0 fully saturated rings. The van der Waals surface area contributed by atoms with Crippen molar-refractivity contribution < 1.29 is 4.74 Å². The first-order chi connectivity index (χ1) is 26.3. The summed E-state index contributed by atoms with van der Waals surface area (Å²) < 4.78 is 14.1. The number of para-hydroxylation sites is 2. The zero-order valence-electron chi connectivity index (χ0n) is 28.3. The molecule has 0 spiro atoms. The highest BCUT2D eigenvalue weighted by Gasteiger charge is 2.25. The Hall–Kier alpha value is -6.40. The lowest BCUT2D eigenvalue weighted by molar-refractivity contribution is 0.476. The summed E-state index contributed by atoms with van der Waals surface area (Å²) in [4.78, 5) is 2.47. The minimum Gasteiger partial charge on any atom is -0.453 e. The highest BCUT2D eigenvalue weighted by atomic mass is 32.1. The molecule has 5 heteroatoms. The number of thiophene rings is 2. The van der Waals surface area contributed by atoms with Gasteiger partial charge in [0.25, 0.3) is 0 Å². The Morgan fingerprint density at radius 3 is 1.70 bits per heavy atom. The summed E-state index contributed by atoms with van der Waals surface area (Å²) >= 11 is 3.74. The molecule has 0 N–H and O–H groups in total. The predicted octanol–water partition coefficient (Wildman–Crippen LogP) is 14.8. The van der Waals surface area contributed by atoms with E-state index in [1.165, 1.54) is 68.0 Å². The summed E-state index contributed by atoms with van der Waals surface area (Å²) in [7, 11) is 0. The fourth-order valence-corrected chi connectivity index (χ4v) is 10.8. The van der Waals surface area contributed by atoms with E-state index in [9.17, 15) is 0 Å². The van der Waals surface area contributed by atoms with Crippen molar-refractivity contribution in [1.82, 2.24) is 4.57 Å². The summed E-state index contributed by atoms with van der Waals surface area (Å²) in [5, 5.41) is 7.63. The zero-order valence-corrected chi connectivity index (χ0v) is 29.9. The number of benzene rings is 8. The van der Waals surface area contributed by atoms with Crippen LogP contribution in [0, 0.1) is 0 Å². The van der Waals surface area contributed by atoms with Gasteiger partial charge in [-0.1, -0.05) is 109 Å². The van der Waals surface area contributed by atoms with Crippen LogP contribution in [0.25, 0.3) is 79.0 Å². The highest BCUT2D eigenvalue weighted by Crippen LogP contribution is 2.50. The van der Waals surface area contributed by atoms with Crippen LogP contribution in [-0.4, -0.2) is 4.57 Å². The molecule has 12 rings (SSSR count). The van der Waals surface area contributed by atoms with Gasteiger partial charge in [0.15, 0.2) is 11.5 Å². The average Bonchev–Trinajstić information content (AvgIpc) is 3.90. The Morgan fingerprint density at radius 2 is 1.00 bits per heavy atom. The van der Waals surface area contributed by atoms with Crippen LogP contribution in [0.3, 0.4) is 0 Å². The van der Waals surface area contributed by atoms with Gasteiger partial charge < -0.3 is 14.2 Å². The topological polar surface area (TPSA) is 17.4 Å². The third kappa shape index (κ3) is 4.20. The molecule has 0 saturated heterocycles. The maximum absolute atomic E-state index is 6.51. The summed E-state index contributed by atoms with van der Waals surface area (Å²) in [6.45, 7) is 0. The van der Waals surface area contributed by atoms with Crippen LogP contribution in [0.4, 0.5) is 17.1 Å². The maximum atomic E-state index is 6.51. The first-order valence-electron chi connectivity index (χ1n) is 17.8. The van der Waals surface area contributed by atoms with Gasteiger partial charge in [-0.2, -0.15) is 0 Å². The third-order valence-electron chi connectivity index (χ3n) is 10.8. The number of fused-ring (bicyclic) bond motifs is 11. The van der Waals surface area contributed by atoms with Gasteiger partial charge in [0, 0.05) is 47.4 Å². The third-order valence-corrected chi connectivity index (χ3v) is 13.2. The molecule has 3 nitrogen and oxygen atoms in total. The van der Waals surface area contributed by atoms with E-state index in [-0.39, 0.29) is 0 Å². The predicted molar refractivity (Wildman–Crippen MR) is 227 cm³/mol. The number of aromatic nitrogens is 1. The summed E-state index contributed by atoms with van der Waals surface area (Å²) in [6.07, 6.45) is 0. The first-order valence-corrected chi connectivity index (χ1v) is 19.5. The van der Waals surface area contributed by atoms with Crippen LogP contribution in [0.15, 0.2) is 170 Å². The monoisotopic (exact) mass is 712 g/mol. The number of rotatable bonds is 4. The Bertz CT molecular complexity index is 3160. The van der Waals surface area contributed by atoms with Crippen LogP contribution in [0.2, 0.25) is 0 Å². The maximum Gasteiger partial charge on any atom is 0.152 e. The average molecular weight is 713 g/mol. The SMILES string of the molecule is c1ccc2c(c1)sc1c(N(c3ccc(-c4ccc5c(c4)-n4c6ccccc6c6cccc(c64)O5)cc3)c3cccc4c3sc3ccccc34)cccc12. The van der Waals surface area contributed by atoms with E-state index in [0.29, 0.717) is 0 Å². The molecule has 248 valence electrons. The van der Waals surface area contributed by atoms with E-state index in [1.807, 2.05) is 22.7 Å². The van der Waals surface area contributed by atoms with E-state index < -0.39 is 0 Å². The molecule has 0 aliphatic carbocycles. The molecule has 4 heterocycles. The standard InChI is InChI=1S/C48H28N2OS2/c1-4-16-38-32(10-1)35-13-9-19-43-46(35)50(38)41-28-30(24-27-42(41)51-43)29-22-25-31(26-23-29)49(39-17-7-14-36-33-11-2-5-20-44(33)52-47(36)39)40-18-8-15-37-34-12-3-6-21-45(34)53-48(37)40/h1-28H. The second kappa shape index (κ2) is 11.1. The van der Waals surface area contributed by atoms with Gasteiger partial charge in [-0.05, 0) is 71.8 Å². The van der Waals surface area contributed by atoms with E-state index in [1.54, 1.807) is 0 Å². The largest absolute Gasteiger partial charge is 0.453 e. The van der Waals surface area contributed by atoms with Gasteiger partial charge in [-0.3, -0.25) is 0 Å². The van der Waals surface area contributed by atoms with Gasteiger partial charge in [0.1, 0.15) is 0 Å². The molecular weight excluding hydrogens is 685 g/mol. The van der Waals surface area contributed by atoms with E-state index in [4.69, 9.17) is 4.74 Å². The Morgan fingerprint density at radius 1 is 0.434 bits per heavy atom. The Kier molecular flexibility index (Phi) is 6.09. The highest BCUT2D eigenvalue weighted by molar-refractivity contribution is 7.27. The fraction of sp³-hybridized carbons (Fsp3) is 0. The molecule has 0 radical (unpaired) electrons. The van der Waals surface area contributed by atoms with Gasteiger partial charge in [0.05, 0.1) is 37.5 Å². The van der Waals surface area contributed by atoms with Crippen molar-refractivity contribution in [3.8, 4) is 28.3 Å². The number of hydrogen-bond acceptors (Lipinski definition) is 4. The van der Waals surface area contributed by atoms with Crippen LogP contribution in [0.5, 0.6) is 11.5 Å². The Balaban J connectivity index is 1.04. The molecule has 1 aliphatic heterocycles. The summed E-state index contributed by atoms with van der Waals surface area (Å²) in [5.41, 5.74) is 9.17. The zero-order chi connectivity index (χ0) is 34.6. The van der Waals surface area contributed by atoms with Crippen LogP contribution < -0.4 is 9.64 Å². The lowest BCUT2D eigenvalue weighted by Gasteiger charge is -2.27. The van der Waals surface area contributed by atoms with Crippen molar-refractivity contribution in [2.24, 2.45) is 0 Å². The van der Waals surface area contributed by atoms with Gasteiger partial charge in [-0.15, -0.1) is 22.7 Å². The molecule has 53 heavy (non-hydrogen) atoms. The number of ether oxygens (including phenoxy) is 1. The van der Waals surface area contributed by atoms with Crippen molar-refractivity contribution in [2.75, 3.05) is 4.90 Å². The summed E-state index contributed by atoms with van der Waals surface area (Å²) in [5.74, 6) is 1.76. The minimum atomic E-state index is 0.866. The van der Waals surface area contributed by atoms with E-state index in [2.05, 4.69) is 179 Å². The van der Waals surface area contributed by atoms with E-state index in [0.717, 1.165) is 39.5 Å². The van der Waals surface area contributed by atoms with Crippen molar-refractivity contribution in [2.45, 2.75) is 0 Å². The lowest BCUT2D eigenvalue weighted by atomic mass is 10.0. The molecule has 3 aromatic heterocycles. The van der Waals surface area contributed by atoms with Crippen LogP contribution >= 0.6 is 22.7 Å². The van der Waals surface area contributed by atoms with Crippen LogP contribution in [0.1, 0.15) is 0 Å². The molecule has 11 aromatic rings. The molecular formula is C48H28N2OS2. The van der Waals surface area contributed by atoms with Crippen molar-refractivity contribution >= 4 is 102 Å². The second-order valence-electron chi connectivity index (χ2n) is 13.7. The van der Waals surface area contributed by atoms with Crippen molar-refractivity contribution in [3.63, 3.8) is 0 Å². The quantitative estimate of drug-likeness (QED) is 0.181. The van der Waals surface area contributed by atoms with Gasteiger partial charge in [0.2, 0.25) is 0 Å². The number of anilines is 3. The minimum absolute atomic E-state index is 0.866. The Labute approximate surface area is 312 Å². The van der Waals surface area contributed by atoms with Gasteiger partial charge >= 0.3 is 0 Å². The van der Waals surface area contributed by atoms with E-state index >= 15 is 0 Å². The molecule has 8 aromatic carbocycles.